The summed E-state index contributed by atoms with van der Waals surface area (Å²) >= 11 is 0. The van der Waals surface area contributed by atoms with Crippen molar-refractivity contribution in [2.24, 2.45) is 0 Å². The minimum atomic E-state index is -0.0241. The van der Waals surface area contributed by atoms with E-state index in [1.807, 2.05) is 4.90 Å². The zero-order chi connectivity index (χ0) is 10.7. The molecule has 0 aromatic heterocycles. The van der Waals surface area contributed by atoms with E-state index in [-0.39, 0.29) is 18.9 Å². The van der Waals surface area contributed by atoms with Gasteiger partial charge in [-0.2, -0.15) is 0 Å². The maximum atomic E-state index is 11.6. The Morgan fingerprint density at radius 1 is 1.27 bits per heavy atom. The van der Waals surface area contributed by atoms with Crippen LogP contribution in [-0.2, 0) is 4.79 Å². The summed E-state index contributed by atoms with van der Waals surface area (Å²) in [5.74, 6) is 0.114. The van der Waals surface area contributed by atoms with Gasteiger partial charge in [-0.1, -0.05) is 6.42 Å². The normalized spacial score (nSPS) is 27.5. The Balaban J connectivity index is 1.87. The number of fused-ring (bicyclic) bond motifs is 1. The summed E-state index contributed by atoms with van der Waals surface area (Å²) in [5.41, 5.74) is 0. The van der Waals surface area contributed by atoms with Crippen molar-refractivity contribution in [3.63, 3.8) is 0 Å². The van der Waals surface area contributed by atoms with E-state index >= 15 is 0 Å². The van der Waals surface area contributed by atoms with Crippen LogP contribution in [0.1, 0.15) is 25.7 Å². The highest BCUT2D eigenvalue weighted by Gasteiger charge is 2.30. The Kier molecular flexibility index (Phi) is 3.59. The number of aliphatic hydroxyl groups is 1. The minimum Gasteiger partial charge on any atom is -0.396 e. The van der Waals surface area contributed by atoms with E-state index in [9.17, 15) is 4.79 Å². The molecule has 86 valence electrons. The quantitative estimate of drug-likeness (QED) is 0.704. The van der Waals surface area contributed by atoms with Gasteiger partial charge in [0.25, 0.3) is 0 Å². The predicted molar refractivity (Wildman–Crippen MR) is 57.5 cm³/mol. The van der Waals surface area contributed by atoms with Gasteiger partial charge < -0.3 is 10.0 Å². The molecule has 0 saturated carbocycles. The first-order chi connectivity index (χ1) is 7.31. The van der Waals surface area contributed by atoms with Gasteiger partial charge in [-0.3, -0.25) is 9.69 Å². The van der Waals surface area contributed by atoms with E-state index in [1.54, 1.807) is 0 Å². The lowest BCUT2D eigenvalue weighted by Gasteiger charge is -2.44. The molecule has 2 rings (SSSR count). The lowest BCUT2D eigenvalue weighted by Crippen LogP contribution is -2.56. The molecule has 15 heavy (non-hydrogen) atoms. The molecule has 1 N–H and O–H groups in total. The summed E-state index contributed by atoms with van der Waals surface area (Å²) in [6.07, 6.45) is 4.11. The summed E-state index contributed by atoms with van der Waals surface area (Å²) in [6, 6.07) is 0.579. The van der Waals surface area contributed by atoms with E-state index < -0.39 is 0 Å². The van der Waals surface area contributed by atoms with Crippen LogP contribution in [0, 0.1) is 0 Å². The molecule has 0 radical (unpaired) electrons. The average molecular weight is 212 g/mol. The summed E-state index contributed by atoms with van der Waals surface area (Å²) in [4.78, 5) is 16.0. The van der Waals surface area contributed by atoms with Crippen LogP contribution in [0.3, 0.4) is 0 Å². The maximum absolute atomic E-state index is 11.6. The van der Waals surface area contributed by atoms with Gasteiger partial charge in [0.1, 0.15) is 0 Å². The molecule has 1 unspecified atom stereocenters. The molecule has 1 amide bonds. The van der Waals surface area contributed by atoms with Crippen molar-refractivity contribution < 1.29 is 9.90 Å². The fraction of sp³-hybridized carbons (Fsp3) is 0.909. The van der Waals surface area contributed by atoms with Crippen LogP contribution in [0.15, 0.2) is 0 Å². The van der Waals surface area contributed by atoms with Crippen molar-refractivity contribution in [1.82, 2.24) is 9.80 Å². The van der Waals surface area contributed by atoms with Crippen molar-refractivity contribution >= 4 is 5.91 Å². The van der Waals surface area contributed by atoms with Crippen LogP contribution in [-0.4, -0.2) is 59.6 Å². The smallest absolute Gasteiger partial charge is 0.224 e. The molecule has 0 aromatic carbocycles. The number of carbonyl (C=O) groups is 1. The van der Waals surface area contributed by atoms with E-state index in [4.69, 9.17) is 5.11 Å². The molecule has 2 aliphatic heterocycles. The largest absolute Gasteiger partial charge is 0.396 e. The zero-order valence-corrected chi connectivity index (χ0v) is 9.19. The van der Waals surface area contributed by atoms with Crippen LogP contribution in [0.4, 0.5) is 0 Å². The molecule has 4 heteroatoms. The van der Waals surface area contributed by atoms with Crippen molar-refractivity contribution in [3.8, 4) is 0 Å². The van der Waals surface area contributed by atoms with Crippen molar-refractivity contribution in [2.75, 3.05) is 32.8 Å². The van der Waals surface area contributed by atoms with Crippen molar-refractivity contribution in [1.29, 1.82) is 0 Å². The molecule has 2 heterocycles. The molecular weight excluding hydrogens is 192 g/mol. The number of aliphatic hydroxyl groups excluding tert-OH is 1. The topological polar surface area (TPSA) is 43.8 Å². The molecule has 0 bridgehead atoms. The number of nitrogens with zero attached hydrogens (tertiary/aromatic N) is 2. The Labute approximate surface area is 90.9 Å². The Bertz CT molecular complexity index is 233. The average Bonchev–Trinajstić information content (AvgIpc) is 2.29. The molecule has 2 aliphatic rings. The van der Waals surface area contributed by atoms with E-state index in [0.29, 0.717) is 6.04 Å². The van der Waals surface area contributed by atoms with Gasteiger partial charge in [-0.15, -0.1) is 0 Å². The van der Waals surface area contributed by atoms with Gasteiger partial charge in [0.2, 0.25) is 5.91 Å². The van der Waals surface area contributed by atoms with Gasteiger partial charge in [-0.05, 0) is 19.4 Å². The van der Waals surface area contributed by atoms with Crippen LogP contribution in [0.25, 0.3) is 0 Å². The van der Waals surface area contributed by atoms with E-state index in [1.165, 1.54) is 25.8 Å². The van der Waals surface area contributed by atoms with Crippen LogP contribution in [0.2, 0.25) is 0 Å². The van der Waals surface area contributed by atoms with Crippen molar-refractivity contribution in [3.05, 3.63) is 0 Å². The predicted octanol–water partition coefficient (Wildman–Crippen LogP) is 0.0655. The van der Waals surface area contributed by atoms with Gasteiger partial charge in [-0.25, -0.2) is 0 Å². The standard InChI is InChI=1S/C11H20N2O2/c14-8-4-11(15)13-7-6-12-5-2-1-3-10(12)9-13/h10,14H,1-9H2. The van der Waals surface area contributed by atoms with Crippen molar-refractivity contribution in [2.45, 2.75) is 31.7 Å². The first-order valence-electron chi connectivity index (χ1n) is 5.94. The number of hydrogen-bond donors (Lipinski definition) is 1. The SMILES string of the molecule is O=C(CCO)N1CCN2CCCCC2C1. The number of piperidine rings is 1. The lowest BCUT2D eigenvalue weighted by molar-refractivity contribution is -0.135. The number of carbonyl (C=O) groups excluding carboxylic acids is 1. The Morgan fingerprint density at radius 2 is 2.13 bits per heavy atom. The molecule has 4 nitrogen and oxygen atoms in total. The molecule has 2 saturated heterocycles. The third-order valence-electron chi connectivity index (χ3n) is 3.52. The van der Waals surface area contributed by atoms with E-state index in [2.05, 4.69) is 4.90 Å². The number of amides is 1. The van der Waals surface area contributed by atoms with Crippen LogP contribution < -0.4 is 0 Å². The second-order valence-corrected chi connectivity index (χ2v) is 4.50. The fourth-order valence-corrected chi connectivity index (χ4v) is 2.64. The molecule has 1 atom stereocenters. The Hall–Kier alpha value is -0.610. The first-order valence-corrected chi connectivity index (χ1v) is 5.94. The highest BCUT2D eigenvalue weighted by Crippen LogP contribution is 2.21. The monoisotopic (exact) mass is 212 g/mol. The highest BCUT2D eigenvalue weighted by atomic mass is 16.3. The van der Waals surface area contributed by atoms with Gasteiger partial charge in [0, 0.05) is 32.1 Å². The van der Waals surface area contributed by atoms with Gasteiger partial charge in [0.05, 0.1) is 6.61 Å². The summed E-state index contributed by atoms with van der Waals surface area (Å²) in [6.45, 7) is 3.91. The van der Waals surface area contributed by atoms with Crippen LogP contribution >= 0.6 is 0 Å². The summed E-state index contributed by atoms with van der Waals surface area (Å²) in [5, 5.41) is 8.74. The molecule has 0 aromatic rings. The van der Waals surface area contributed by atoms with Gasteiger partial charge >= 0.3 is 0 Å². The lowest BCUT2D eigenvalue weighted by atomic mass is 9.99. The minimum absolute atomic E-state index is 0.0241. The maximum Gasteiger partial charge on any atom is 0.224 e. The molecule has 2 fully saturated rings. The number of hydrogen-bond acceptors (Lipinski definition) is 3. The molecule has 0 spiro atoms. The zero-order valence-electron chi connectivity index (χ0n) is 9.19. The fourth-order valence-electron chi connectivity index (χ4n) is 2.64. The third kappa shape index (κ3) is 2.49. The van der Waals surface area contributed by atoms with Gasteiger partial charge in [0.15, 0.2) is 0 Å². The second-order valence-electron chi connectivity index (χ2n) is 4.50. The number of rotatable bonds is 2. The van der Waals surface area contributed by atoms with Crippen LogP contribution in [0.5, 0.6) is 0 Å². The second kappa shape index (κ2) is 4.94. The number of piperazine rings is 1. The first kappa shape index (κ1) is 10.9. The van der Waals surface area contributed by atoms with E-state index in [0.717, 1.165) is 19.6 Å². The third-order valence-corrected chi connectivity index (χ3v) is 3.52. The Morgan fingerprint density at radius 3 is 2.93 bits per heavy atom. The summed E-state index contributed by atoms with van der Waals surface area (Å²) < 4.78 is 0. The highest BCUT2D eigenvalue weighted by molar-refractivity contribution is 5.76. The molecular formula is C11H20N2O2. The summed E-state index contributed by atoms with van der Waals surface area (Å²) in [7, 11) is 0. The molecule has 0 aliphatic carbocycles.